The smallest absolute Gasteiger partial charge is 0.269 e. The number of aryl methyl sites for hydroxylation is 2. The molecule has 3 rings (SSSR count). The third-order valence-corrected chi connectivity index (χ3v) is 4.05. The van der Waals surface area contributed by atoms with Crippen LogP contribution in [0.2, 0.25) is 5.02 Å². The molecule has 0 fully saturated rings. The molecule has 0 aliphatic carbocycles. The Labute approximate surface area is 162 Å². The minimum Gasteiger partial charge on any atom is -0.446 e. The molecule has 0 radical (unpaired) electrons. The number of aromatic nitrogens is 3. The fourth-order valence-corrected chi connectivity index (χ4v) is 2.61. The van der Waals surface area contributed by atoms with E-state index in [2.05, 4.69) is 25.8 Å². The lowest BCUT2D eigenvalue weighted by molar-refractivity contribution is 0.0944. The van der Waals surface area contributed by atoms with Crippen molar-refractivity contribution in [1.29, 1.82) is 0 Å². The first-order valence-corrected chi connectivity index (χ1v) is 8.34. The number of aromatic amines is 1. The Balaban J connectivity index is 1.65. The number of halogens is 3. The lowest BCUT2D eigenvalue weighted by Gasteiger charge is -2.05. The van der Waals surface area contributed by atoms with Gasteiger partial charge < -0.3 is 15.1 Å². The van der Waals surface area contributed by atoms with Crippen LogP contribution in [0.3, 0.4) is 0 Å². The molecule has 3 aromatic rings. The highest BCUT2D eigenvalue weighted by atomic mass is 35.5. The van der Waals surface area contributed by atoms with Crippen LogP contribution in [0.5, 0.6) is 0 Å². The fraction of sp³-hybridized carbons (Fsp3) is 0.176. The highest BCUT2D eigenvalue weighted by molar-refractivity contribution is 6.34. The number of hydrogen-bond donors (Lipinski definition) is 3. The molecule has 8 nitrogen and oxygen atoms in total. The summed E-state index contributed by atoms with van der Waals surface area (Å²) in [5.74, 6) is -2.59. The second-order valence-electron chi connectivity index (χ2n) is 5.79. The topological polar surface area (TPSA) is 113 Å². The Morgan fingerprint density at radius 1 is 1.18 bits per heavy atom. The predicted octanol–water partition coefficient (Wildman–Crippen LogP) is 3.13. The minimum absolute atomic E-state index is 0.00408. The maximum absolute atomic E-state index is 13.3. The molecular weight excluding hydrogens is 396 g/mol. The molecule has 0 saturated heterocycles. The first kappa shape index (κ1) is 19.5. The average Bonchev–Trinajstić information content (AvgIpc) is 3.22. The van der Waals surface area contributed by atoms with Gasteiger partial charge in [0.15, 0.2) is 23.3 Å². The van der Waals surface area contributed by atoms with Crippen LogP contribution in [-0.4, -0.2) is 27.0 Å². The maximum Gasteiger partial charge on any atom is 0.269 e. The van der Waals surface area contributed by atoms with Crippen molar-refractivity contribution < 1.29 is 22.8 Å². The molecule has 0 spiro atoms. The highest BCUT2D eigenvalue weighted by Crippen LogP contribution is 2.21. The van der Waals surface area contributed by atoms with Crippen molar-refractivity contribution in [3.63, 3.8) is 0 Å². The second-order valence-corrected chi connectivity index (χ2v) is 6.19. The third-order valence-electron chi connectivity index (χ3n) is 3.73. The number of nitrogens with zero attached hydrogens (tertiary/aromatic N) is 2. The molecule has 0 aliphatic heterocycles. The number of anilines is 1. The number of H-pyrrole nitrogens is 1. The van der Waals surface area contributed by atoms with Crippen LogP contribution in [0.4, 0.5) is 14.6 Å². The molecule has 3 N–H and O–H groups in total. The van der Waals surface area contributed by atoms with Crippen LogP contribution < -0.4 is 10.6 Å². The van der Waals surface area contributed by atoms with Crippen molar-refractivity contribution in [2.24, 2.45) is 0 Å². The lowest BCUT2D eigenvalue weighted by atomic mass is 10.2. The molecule has 2 amide bonds. The van der Waals surface area contributed by atoms with Crippen LogP contribution in [0.1, 0.15) is 38.2 Å². The molecule has 0 atom stereocenters. The van der Waals surface area contributed by atoms with E-state index in [9.17, 15) is 18.4 Å². The molecule has 0 unspecified atom stereocenters. The highest BCUT2D eigenvalue weighted by Gasteiger charge is 2.18. The molecule has 28 heavy (non-hydrogen) atoms. The van der Waals surface area contributed by atoms with Crippen molar-refractivity contribution >= 4 is 29.2 Å². The number of carbonyl (C=O) groups is 2. The zero-order valence-corrected chi connectivity index (χ0v) is 15.4. The Kier molecular flexibility index (Phi) is 5.41. The summed E-state index contributed by atoms with van der Waals surface area (Å²) in [6, 6.07) is 2.65. The number of amides is 2. The van der Waals surface area contributed by atoms with Crippen molar-refractivity contribution in [1.82, 2.24) is 20.5 Å². The van der Waals surface area contributed by atoms with Gasteiger partial charge in [0.25, 0.3) is 11.8 Å². The van der Waals surface area contributed by atoms with Gasteiger partial charge in [-0.1, -0.05) is 11.6 Å². The normalized spacial score (nSPS) is 10.8. The third kappa shape index (κ3) is 4.17. The Bertz CT molecular complexity index is 1060. The Morgan fingerprint density at radius 3 is 2.57 bits per heavy atom. The van der Waals surface area contributed by atoms with Crippen LogP contribution in [-0.2, 0) is 6.54 Å². The molecule has 0 aliphatic rings. The Hall–Kier alpha value is -3.27. The molecule has 146 valence electrons. The van der Waals surface area contributed by atoms with Gasteiger partial charge in [-0.25, -0.2) is 13.8 Å². The summed E-state index contributed by atoms with van der Waals surface area (Å²) < 4.78 is 31.7. The fourth-order valence-electron chi connectivity index (χ4n) is 2.38. The van der Waals surface area contributed by atoms with E-state index < -0.39 is 23.4 Å². The standard InChI is InChI=1S/C17H14ClF2N5O3/c1-7-14(22-8(2)28-7)6-21-17(27)13-5-15(25-24-13)23-16(26)9-3-11(19)12(20)4-10(9)18/h3-5H,6H2,1-2H3,(H,21,27)(H2,23,24,25,26). The molecule has 11 heteroatoms. The minimum atomic E-state index is -1.21. The second kappa shape index (κ2) is 7.77. The van der Waals surface area contributed by atoms with Gasteiger partial charge in [0.05, 0.1) is 17.1 Å². The Morgan fingerprint density at radius 2 is 1.89 bits per heavy atom. The van der Waals surface area contributed by atoms with E-state index >= 15 is 0 Å². The first-order valence-electron chi connectivity index (χ1n) is 7.97. The van der Waals surface area contributed by atoms with Crippen molar-refractivity contribution in [2.45, 2.75) is 20.4 Å². The summed E-state index contributed by atoms with van der Waals surface area (Å²) in [6.45, 7) is 3.57. The van der Waals surface area contributed by atoms with Gasteiger partial charge in [-0.3, -0.25) is 14.7 Å². The summed E-state index contributed by atoms with van der Waals surface area (Å²) in [5, 5.41) is 11.0. The largest absolute Gasteiger partial charge is 0.446 e. The van der Waals surface area contributed by atoms with Gasteiger partial charge in [0.1, 0.15) is 17.1 Å². The monoisotopic (exact) mass is 409 g/mol. The number of nitrogens with one attached hydrogen (secondary N) is 3. The van der Waals surface area contributed by atoms with E-state index in [4.69, 9.17) is 16.0 Å². The SMILES string of the molecule is Cc1nc(CNC(=O)c2cc(NC(=O)c3cc(F)c(F)cc3Cl)n[nH]2)c(C)o1. The van der Waals surface area contributed by atoms with E-state index in [1.54, 1.807) is 13.8 Å². The van der Waals surface area contributed by atoms with Gasteiger partial charge in [0, 0.05) is 13.0 Å². The summed E-state index contributed by atoms with van der Waals surface area (Å²) >= 11 is 5.76. The molecule has 0 bridgehead atoms. The maximum atomic E-state index is 13.3. The molecule has 1 aromatic carbocycles. The number of hydrogen-bond acceptors (Lipinski definition) is 5. The molecule has 0 saturated carbocycles. The number of benzene rings is 1. The number of rotatable bonds is 5. The number of carbonyl (C=O) groups excluding carboxylic acids is 2. The first-order chi connectivity index (χ1) is 13.2. The summed E-state index contributed by atoms with van der Waals surface area (Å²) in [7, 11) is 0. The average molecular weight is 410 g/mol. The summed E-state index contributed by atoms with van der Waals surface area (Å²) in [6.07, 6.45) is 0. The quantitative estimate of drug-likeness (QED) is 0.560. The predicted molar refractivity (Wildman–Crippen MR) is 95.1 cm³/mol. The molecular formula is C17H14ClF2N5O3. The zero-order chi connectivity index (χ0) is 20.4. The zero-order valence-electron chi connectivity index (χ0n) is 14.7. The van der Waals surface area contributed by atoms with Crippen molar-refractivity contribution in [3.8, 4) is 0 Å². The van der Waals surface area contributed by atoms with E-state index in [1.165, 1.54) is 6.07 Å². The van der Waals surface area contributed by atoms with Crippen molar-refractivity contribution in [2.75, 3.05) is 5.32 Å². The van der Waals surface area contributed by atoms with Crippen molar-refractivity contribution in [3.05, 3.63) is 63.5 Å². The summed E-state index contributed by atoms with van der Waals surface area (Å²) in [4.78, 5) is 28.5. The van der Waals surface area contributed by atoms with Gasteiger partial charge in [-0.05, 0) is 19.1 Å². The summed E-state index contributed by atoms with van der Waals surface area (Å²) in [5.41, 5.74) is 0.392. The van der Waals surface area contributed by atoms with Crippen LogP contribution in [0, 0.1) is 25.5 Å². The van der Waals surface area contributed by atoms with Crippen LogP contribution >= 0.6 is 11.6 Å². The molecule has 2 heterocycles. The van der Waals surface area contributed by atoms with Gasteiger partial charge >= 0.3 is 0 Å². The van der Waals surface area contributed by atoms with Gasteiger partial charge in [0.2, 0.25) is 0 Å². The lowest BCUT2D eigenvalue weighted by Crippen LogP contribution is -2.23. The van der Waals surface area contributed by atoms with E-state index in [-0.39, 0.29) is 28.6 Å². The van der Waals surface area contributed by atoms with E-state index in [0.717, 1.165) is 0 Å². The number of oxazole rings is 1. The van der Waals surface area contributed by atoms with E-state index in [0.29, 0.717) is 29.5 Å². The molecule has 2 aromatic heterocycles. The van der Waals surface area contributed by atoms with Gasteiger partial charge in [-0.15, -0.1) is 0 Å². The van der Waals surface area contributed by atoms with Gasteiger partial charge in [-0.2, -0.15) is 5.10 Å². The van der Waals surface area contributed by atoms with E-state index in [1.807, 2.05) is 0 Å². The van der Waals surface area contributed by atoms with Crippen LogP contribution in [0.15, 0.2) is 22.6 Å². The van der Waals surface area contributed by atoms with Crippen LogP contribution in [0.25, 0.3) is 0 Å².